The predicted octanol–water partition coefficient (Wildman–Crippen LogP) is -0.216. The van der Waals surface area contributed by atoms with Gasteiger partial charge in [-0.25, -0.2) is 18.1 Å². The van der Waals surface area contributed by atoms with Gasteiger partial charge >= 0.3 is 0 Å². The molecule has 2 rings (SSSR count). The molecule has 0 saturated carbocycles. The average Bonchev–Trinajstić information content (AvgIpc) is 2.91. The van der Waals surface area contributed by atoms with Crippen LogP contribution < -0.4 is 10.5 Å². The predicted molar refractivity (Wildman–Crippen MR) is 69.6 cm³/mol. The summed E-state index contributed by atoms with van der Waals surface area (Å²) >= 11 is 0. The van der Waals surface area contributed by atoms with Crippen LogP contribution in [0.1, 0.15) is 11.4 Å². The number of H-pyrrole nitrogens is 1. The molecule has 1 aromatic heterocycles. The van der Waals surface area contributed by atoms with Crippen LogP contribution in [0.25, 0.3) is 0 Å². The quantitative estimate of drug-likeness (QED) is 0.677. The lowest BCUT2D eigenvalue weighted by molar-refractivity contribution is 0.579. The summed E-state index contributed by atoms with van der Waals surface area (Å²) in [5, 5.41) is 6.23. The van der Waals surface area contributed by atoms with Crippen LogP contribution in [0.2, 0.25) is 0 Å². The number of hydrogen-bond acceptors (Lipinski definition) is 5. The minimum absolute atomic E-state index is 0.0763. The standard InChI is InChI=1S/C11H15N5O2S/c12-6-5-9-1-3-10(4-2-9)19(17,18)15-7-11-13-8-14-16-11/h1-4,8,15H,5-7,12H2,(H,13,14,16). The molecular formula is C11H15N5O2S. The third-order valence-corrected chi connectivity index (χ3v) is 3.98. The molecule has 8 heteroatoms. The summed E-state index contributed by atoms with van der Waals surface area (Å²) in [5.41, 5.74) is 6.45. The van der Waals surface area contributed by atoms with Gasteiger partial charge in [0.1, 0.15) is 12.2 Å². The van der Waals surface area contributed by atoms with E-state index in [1.807, 2.05) is 0 Å². The molecule has 0 spiro atoms. The largest absolute Gasteiger partial charge is 0.330 e. The summed E-state index contributed by atoms with van der Waals surface area (Å²) in [7, 11) is -3.54. The van der Waals surface area contributed by atoms with Gasteiger partial charge < -0.3 is 5.73 Å². The first-order valence-electron chi connectivity index (χ1n) is 5.75. The van der Waals surface area contributed by atoms with E-state index in [4.69, 9.17) is 5.73 Å². The van der Waals surface area contributed by atoms with E-state index in [0.717, 1.165) is 12.0 Å². The highest BCUT2D eigenvalue weighted by molar-refractivity contribution is 7.89. The molecule has 0 aliphatic heterocycles. The Hall–Kier alpha value is -1.77. The Labute approximate surface area is 111 Å². The maximum absolute atomic E-state index is 12.0. The highest BCUT2D eigenvalue weighted by atomic mass is 32.2. The first kappa shape index (κ1) is 13.7. The molecule has 0 radical (unpaired) electrons. The first-order chi connectivity index (χ1) is 9.12. The van der Waals surface area contributed by atoms with E-state index in [9.17, 15) is 8.42 Å². The van der Waals surface area contributed by atoms with Gasteiger partial charge in [0.15, 0.2) is 0 Å². The Morgan fingerprint density at radius 1 is 1.26 bits per heavy atom. The minimum Gasteiger partial charge on any atom is -0.330 e. The highest BCUT2D eigenvalue weighted by Gasteiger charge is 2.13. The number of hydrogen-bond donors (Lipinski definition) is 3. The van der Waals surface area contributed by atoms with Gasteiger partial charge in [0.2, 0.25) is 10.0 Å². The van der Waals surface area contributed by atoms with Crippen molar-refractivity contribution in [2.75, 3.05) is 6.54 Å². The third kappa shape index (κ3) is 3.60. The van der Waals surface area contributed by atoms with Gasteiger partial charge in [-0.1, -0.05) is 12.1 Å². The zero-order valence-corrected chi connectivity index (χ0v) is 11.0. The molecule has 1 heterocycles. The Morgan fingerprint density at radius 3 is 2.58 bits per heavy atom. The molecule has 2 aromatic rings. The molecule has 102 valence electrons. The molecule has 19 heavy (non-hydrogen) atoms. The van der Waals surface area contributed by atoms with E-state index in [1.54, 1.807) is 24.3 Å². The summed E-state index contributed by atoms with van der Waals surface area (Å²) in [6.07, 6.45) is 2.05. The smallest absolute Gasteiger partial charge is 0.240 e. The molecule has 0 bridgehead atoms. The number of sulfonamides is 1. The summed E-state index contributed by atoms with van der Waals surface area (Å²) in [6, 6.07) is 6.65. The summed E-state index contributed by atoms with van der Waals surface area (Å²) in [4.78, 5) is 4.06. The van der Waals surface area contributed by atoms with Crippen LogP contribution in [0, 0.1) is 0 Å². The van der Waals surface area contributed by atoms with Gasteiger partial charge in [-0.2, -0.15) is 5.10 Å². The van der Waals surface area contributed by atoms with Crippen LogP contribution in [-0.4, -0.2) is 30.1 Å². The molecule has 0 atom stereocenters. The van der Waals surface area contributed by atoms with E-state index in [0.29, 0.717) is 12.4 Å². The second kappa shape index (κ2) is 5.91. The monoisotopic (exact) mass is 281 g/mol. The minimum atomic E-state index is -3.54. The summed E-state index contributed by atoms with van der Waals surface area (Å²) < 4.78 is 26.4. The lowest BCUT2D eigenvalue weighted by Gasteiger charge is -2.06. The van der Waals surface area contributed by atoms with Crippen LogP contribution in [-0.2, 0) is 23.0 Å². The Bertz CT molecular complexity index is 607. The maximum Gasteiger partial charge on any atom is 0.240 e. The molecule has 0 amide bonds. The summed E-state index contributed by atoms with van der Waals surface area (Å²) in [6.45, 7) is 0.614. The van der Waals surface area contributed by atoms with Gasteiger partial charge in [-0.15, -0.1) is 0 Å². The van der Waals surface area contributed by atoms with E-state index in [2.05, 4.69) is 19.9 Å². The van der Waals surface area contributed by atoms with Gasteiger partial charge in [0.05, 0.1) is 11.4 Å². The van der Waals surface area contributed by atoms with Gasteiger partial charge in [-0.3, -0.25) is 5.10 Å². The second-order valence-corrected chi connectivity index (χ2v) is 5.71. The number of rotatable bonds is 6. The van der Waals surface area contributed by atoms with Crippen LogP contribution in [0.4, 0.5) is 0 Å². The molecular weight excluding hydrogens is 266 g/mol. The Morgan fingerprint density at radius 2 is 2.00 bits per heavy atom. The fourth-order valence-corrected chi connectivity index (χ4v) is 2.55. The molecule has 0 fully saturated rings. The van der Waals surface area contributed by atoms with Crippen molar-refractivity contribution in [1.29, 1.82) is 0 Å². The fourth-order valence-electron chi connectivity index (χ4n) is 1.56. The van der Waals surface area contributed by atoms with E-state index >= 15 is 0 Å². The second-order valence-electron chi connectivity index (χ2n) is 3.94. The molecule has 1 aromatic carbocycles. The zero-order chi connectivity index (χ0) is 13.7. The first-order valence-corrected chi connectivity index (χ1v) is 7.23. The number of aromatic amines is 1. The topological polar surface area (TPSA) is 114 Å². The van der Waals surface area contributed by atoms with E-state index < -0.39 is 10.0 Å². The Balaban J connectivity index is 2.06. The number of nitrogens with one attached hydrogen (secondary N) is 2. The van der Waals surface area contributed by atoms with Crippen molar-refractivity contribution in [2.24, 2.45) is 5.73 Å². The van der Waals surface area contributed by atoms with E-state index in [-0.39, 0.29) is 11.4 Å². The molecule has 0 unspecified atom stereocenters. The van der Waals surface area contributed by atoms with Crippen molar-refractivity contribution in [3.63, 3.8) is 0 Å². The fraction of sp³-hybridized carbons (Fsp3) is 0.273. The number of benzene rings is 1. The molecule has 0 saturated heterocycles. The average molecular weight is 281 g/mol. The van der Waals surface area contributed by atoms with Crippen LogP contribution in [0.3, 0.4) is 0 Å². The number of nitrogens with zero attached hydrogens (tertiary/aromatic N) is 2. The Kier molecular flexibility index (Phi) is 4.25. The van der Waals surface area contributed by atoms with Crippen molar-refractivity contribution in [2.45, 2.75) is 17.9 Å². The molecule has 7 nitrogen and oxygen atoms in total. The van der Waals surface area contributed by atoms with Crippen LogP contribution >= 0.6 is 0 Å². The molecule has 0 aliphatic carbocycles. The van der Waals surface area contributed by atoms with Gasteiger partial charge in [0.25, 0.3) is 0 Å². The molecule has 4 N–H and O–H groups in total. The third-order valence-electron chi connectivity index (χ3n) is 2.56. The van der Waals surface area contributed by atoms with Crippen molar-refractivity contribution >= 4 is 10.0 Å². The maximum atomic E-state index is 12.0. The van der Waals surface area contributed by atoms with Crippen LogP contribution in [0.15, 0.2) is 35.5 Å². The van der Waals surface area contributed by atoms with Crippen molar-refractivity contribution in [3.05, 3.63) is 42.0 Å². The van der Waals surface area contributed by atoms with Gasteiger partial charge in [-0.05, 0) is 30.7 Å². The highest BCUT2D eigenvalue weighted by Crippen LogP contribution is 2.11. The van der Waals surface area contributed by atoms with Crippen molar-refractivity contribution < 1.29 is 8.42 Å². The number of nitrogens with two attached hydrogens (primary N) is 1. The summed E-state index contributed by atoms with van der Waals surface area (Å²) in [5.74, 6) is 0.461. The van der Waals surface area contributed by atoms with Crippen LogP contribution in [0.5, 0.6) is 0 Å². The lowest BCUT2D eigenvalue weighted by Crippen LogP contribution is -2.23. The van der Waals surface area contributed by atoms with E-state index in [1.165, 1.54) is 6.33 Å². The number of aromatic nitrogens is 3. The zero-order valence-electron chi connectivity index (χ0n) is 10.2. The van der Waals surface area contributed by atoms with Gasteiger partial charge in [0, 0.05) is 0 Å². The SMILES string of the molecule is NCCc1ccc(S(=O)(=O)NCc2ncn[nH]2)cc1. The van der Waals surface area contributed by atoms with Crippen molar-refractivity contribution in [3.8, 4) is 0 Å². The van der Waals surface area contributed by atoms with Crippen molar-refractivity contribution in [1.82, 2.24) is 19.9 Å². The molecule has 0 aliphatic rings. The normalized spacial score (nSPS) is 11.6. The lowest BCUT2D eigenvalue weighted by atomic mass is 10.2.